The van der Waals surface area contributed by atoms with E-state index in [0.29, 0.717) is 28.6 Å². The number of anilines is 1. The average molecular weight is 372 g/mol. The number of carbonyl (C=O) groups excluding carboxylic acids is 2. The normalized spacial score (nSPS) is 12.5. The standard InChI is InChI=1S/C20H18ClNO4/c1-2-25-19(23)9-13-3-6-17(7-4-13)22-20(24)15-10-14-11-16(21)5-8-18(14)26-12-15/h3-8,10-11H,2,9,12H2,1H3,(H,22,24). The lowest BCUT2D eigenvalue weighted by molar-refractivity contribution is -0.142. The molecule has 0 saturated heterocycles. The van der Waals surface area contributed by atoms with Crippen molar-refractivity contribution in [3.05, 3.63) is 64.2 Å². The van der Waals surface area contributed by atoms with Gasteiger partial charge in [0.25, 0.3) is 5.91 Å². The molecule has 3 rings (SSSR count). The molecule has 6 heteroatoms. The van der Waals surface area contributed by atoms with Crippen LogP contribution in [0.5, 0.6) is 5.75 Å². The molecule has 134 valence electrons. The summed E-state index contributed by atoms with van der Waals surface area (Å²) in [6.45, 7) is 2.33. The minimum Gasteiger partial charge on any atom is -0.488 e. The first-order valence-electron chi connectivity index (χ1n) is 8.24. The third-order valence-corrected chi connectivity index (χ3v) is 4.08. The molecule has 0 atom stereocenters. The molecule has 0 fully saturated rings. The number of ether oxygens (including phenoxy) is 2. The van der Waals surface area contributed by atoms with E-state index in [0.717, 1.165) is 11.1 Å². The third kappa shape index (κ3) is 4.43. The van der Waals surface area contributed by atoms with Crippen LogP contribution in [-0.4, -0.2) is 25.1 Å². The van der Waals surface area contributed by atoms with E-state index >= 15 is 0 Å². The summed E-state index contributed by atoms with van der Waals surface area (Å²) >= 11 is 5.99. The van der Waals surface area contributed by atoms with Crippen LogP contribution in [0.1, 0.15) is 18.1 Å². The molecule has 1 N–H and O–H groups in total. The molecular weight excluding hydrogens is 354 g/mol. The van der Waals surface area contributed by atoms with Crippen LogP contribution in [0.2, 0.25) is 5.02 Å². The molecule has 2 aromatic carbocycles. The maximum atomic E-state index is 12.4. The van der Waals surface area contributed by atoms with Crippen molar-refractivity contribution in [2.24, 2.45) is 0 Å². The van der Waals surface area contributed by atoms with Gasteiger partial charge in [-0.2, -0.15) is 0 Å². The van der Waals surface area contributed by atoms with Crippen molar-refractivity contribution in [2.45, 2.75) is 13.3 Å². The fourth-order valence-corrected chi connectivity index (χ4v) is 2.76. The van der Waals surface area contributed by atoms with E-state index in [1.165, 1.54) is 0 Å². The van der Waals surface area contributed by atoms with E-state index in [1.54, 1.807) is 55.5 Å². The molecule has 0 radical (unpaired) electrons. The van der Waals surface area contributed by atoms with Crippen molar-refractivity contribution >= 4 is 35.2 Å². The van der Waals surface area contributed by atoms with Gasteiger partial charge in [-0.25, -0.2) is 0 Å². The highest BCUT2D eigenvalue weighted by atomic mass is 35.5. The van der Waals surface area contributed by atoms with E-state index in [1.807, 2.05) is 0 Å². The highest BCUT2D eigenvalue weighted by Crippen LogP contribution is 2.29. The molecule has 2 aromatic rings. The number of esters is 1. The molecule has 0 spiro atoms. The van der Waals surface area contributed by atoms with Crippen LogP contribution in [0.25, 0.3) is 6.08 Å². The van der Waals surface area contributed by atoms with Crippen molar-refractivity contribution in [1.82, 2.24) is 0 Å². The Labute approximate surface area is 156 Å². The van der Waals surface area contributed by atoms with Gasteiger partial charge in [0.1, 0.15) is 12.4 Å². The molecule has 1 aliphatic heterocycles. The molecule has 0 bridgehead atoms. The van der Waals surface area contributed by atoms with E-state index in [-0.39, 0.29) is 24.9 Å². The average Bonchev–Trinajstić information content (AvgIpc) is 2.63. The summed E-state index contributed by atoms with van der Waals surface area (Å²) in [6.07, 6.45) is 1.98. The summed E-state index contributed by atoms with van der Waals surface area (Å²) in [4.78, 5) is 23.9. The van der Waals surface area contributed by atoms with Gasteiger partial charge in [0.2, 0.25) is 0 Å². The molecule has 5 nitrogen and oxygen atoms in total. The second-order valence-corrected chi connectivity index (χ2v) is 6.21. The summed E-state index contributed by atoms with van der Waals surface area (Å²) < 4.78 is 10.5. The Balaban J connectivity index is 1.66. The van der Waals surface area contributed by atoms with Gasteiger partial charge in [-0.3, -0.25) is 9.59 Å². The lowest BCUT2D eigenvalue weighted by Gasteiger charge is -2.18. The van der Waals surface area contributed by atoms with E-state index in [9.17, 15) is 9.59 Å². The first-order chi connectivity index (χ1) is 12.5. The number of benzene rings is 2. The highest BCUT2D eigenvalue weighted by Gasteiger charge is 2.17. The number of carbonyl (C=O) groups is 2. The minimum atomic E-state index is -0.272. The first-order valence-corrected chi connectivity index (χ1v) is 8.62. The molecule has 0 aliphatic carbocycles. The molecule has 1 aliphatic rings. The molecule has 1 heterocycles. The maximum Gasteiger partial charge on any atom is 0.310 e. The Bertz CT molecular complexity index is 859. The topological polar surface area (TPSA) is 64.6 Å². The molecule has 26 heavy (non-hydrogen) atoms. The Morgan fingerprint density at radius 2 is 1.96 bits per heavy atom. The number of rotatable bonds is 5. The van der Waals surface area contributed by atoms with Gasteiger partial charge in [-0.15, -0.1) is 0 Å². The van der Waals surface area contributed by atoms with Gasteiger partial charge in [0, 0.05) is 16.3 Å². The molecule has 0 saturated carbocycles. The predicted octanol–water partition coefficient (Wildman–Crippen LogP) is 3.86. The lowest BCUT2D eigenvalue weighted by atomic mass is 10.1. The quantitative estimate of drug-likeness (QED) is 0.810. The van der Waals surface area contributed by atoms with Crippen molar-refractivity contribution in [2.75, 3.05) is 18.5 Å². The maximum absolute atomic E-state index is 12.4. The van der Waals surface area contributed by atoms with Gasteiger partial charge in [0.05, 0.1) is 18.6 Å². The number of hydrogen-bond acceptors (Lipinski definition) is 4. The van der Waals surface area contributed by atoms with E-state index < -0.39 is 0 Å². The Morgan fingerprint density at radius 3 is 2.69 bits per heavy atom. The number of hydrogen-bond donors (Lipinski definition) is 1. The number of nitrogens with one attached hydrogen (secondary N) is 1. The summed E-state index contributed by atoms with van der Waals surface area (Å²) in [5.74, 6) is 0.189. The fraction of sp³-hybridized carbons (Fsp3) is 0.200. The third-order valence-electron chi connectivity index (χ3n) is 3.84. The second-order valence-electron chi connectivity index (χ2n) is 5.77. The Kier molecular flexibility index (Phi) is 5.58. The Morgan fingerprint density at radius 1 is 1.19 bits per heavy atom. The summed E-state index contributed by atoms with van der Waals surface area (Å²) in [6, 6.07) is 12.4. The molecule has 0 unspecified atom stereocenters. The lowest BCUT2D eigenvalue weighted by Crippen LogP contribution is -2.21. The van der Waals surface area contributed by atoms with Crippen LogP contribution in [-0.2, 0) is 20.7 Å². The largest absolute Gasteiger partial charge is 0.488 e. The monoisotopic (exact) mass is 371 g/mol. The zero-order valence-electron chi connectivity index (χ0n) is 14.3. The van der Waals surface area contributed by atoms with Crippen LogP contribution in [0.3, 0.4) is 0 Å². The van der Waals surface area contributed by atoms with E-state index in [4.69, 9.17) is 21.1 Å². The molecule has 0 aromatic heterocycles. The number of halogens is 1. The van der Waals surface area contributed by atoms with Crippen LogP contribution >= 0.6 is 11.6 Å². The van der Waals surface area contributed by atoms with Gasteiger partial charge < -0.3 is 14.8 Å². The van der Waals surface area contributed by atoms with Gasteiger partial charge >= 0.3 is 5.97 Å². The molecule has 1 amide bonds. The van der Waals surface area contributed by atoms with E-state index in [2.05, 4.69) is 5.32 Å². The van der Waals surface area contributed by atoms with Gasteiger partial charge in [-0.05, 0) is 48.9 Å². The van der Waals surface area contributed by atoms with Crippen LogP contribution < -0.4 is 10.1 Å². The predicted molar refractivity (Wildman–Crippen MR) is 100 cm³/mol. The molecular formula is C20H18ClNO4. The fourth-order valence-electron chi connectivity index (χ4n) is 2.58. The van der Waals surface area contributed by atoms with Crippen LogP contribution in [0, 0.1) is 0 Å². The highest BCUT2D eigenvalue weighted by molar-refractivity contribution is 6.30. The zero-order valence-corrected chi connectivity index (χ0v) is 15.0. The van der Waals surface area contributed by atoms with Crippen LogP contribution in [0.15, 0.2) is 48.0 Å². The second kappa shape index (κ2) is 8.06. The van der Waals surface area contributed by atoms with Gasteiger partial charge in [0.15, 0.2) is 0 Å². The number of fused-ring (bicyclic) bond motifs is 1. The van der Waals surface area contributed by atoms with Gasteiger partial charge in [-0.1, -0.05) is 23.7 Å². The van der Waals surface area contributed by atoms with Crippen LogP contribution in [0.4, 0.5) is 5.69 Å². The SMILES string of the molecule is CCOC(=O)Cc1ccc(NC(=O)C2=Cc3cc(Cl)ccc3OC2)cc1. The summed E-state index contributed by atoms with van der Waals surface area (Å²) in [5, 5.41) is 3.41. The van der Waals surface area contributed by atoms with Crippen molar-refractivity contribution in [3.63, 3.8) is 0 Å². The smallest absolute Gasteiger partial charge is 0.310 e. The summed E-state index contributed by atoms with van der Waals surface area (Å²) in [7, 11) is 0. The Hall–Kier alpha value is -2.79. The zero-order chi connectivity index (χ0) is 18.5. The number of amides is 1. The first kappa shape index (κ1) is 18.0. The summed E-state index contributed by atoms with van der Waals surface area (Å²) in [5.41, 5.74) is 2.75. The van der Waals surface area contributed by atoms with Crippen molar-refractivity contribution < 1.29 is 19.1 Å². The minimum absolute atomic E-state index is 0.196. The van der Waals surface area contributed by atoms with Crippen molar-refractivity contribution in [1.29, 1.82) is 0 Å². The van der Waals surface area contributed by atoms with Crippen molar-refractivity contribution in [3.8, 4) is 5.75 Å².